The Bertz CT molecular complexity index is 1080. The average Bonchev–Trinajstić information content (AvgIpc) is 3.63. The number of carbonyl (C=O) groups excluding carboxylic acids is 4. The number of fused-ring (bicyclic) bond motifs is 2. The number of amides is 3. The molecule has 12 heteroatoms. The Labute approximate surface area is 247 Å². The van der Waals surface area contributed by atoms with Gasteiger partial charge in [0.15, 0.2) is 0 Å². The summed E-state index contributed by atoms with van der Waals surface area (Å²) in [6, 6.07) is -0.919. The molecule has 42 heavy (non-hydrogen) atoms. The number of morpholine rings is 1. The maximum Gasteiger partial charge on any atom is 0.313 e. The lowest BCUT2D eigenvalue weighted by atomic mass is 9.74. The minimum absolute atomic E-state index is 0.0601. The number of unbranched alkanes of at least 4 members (excludes halogenated alkanes) is 2. The molecule has 3 fully saturated rings. The van der Waals surface area contributed by atoms with Crippen LogP contribution in [0.5, 0.6) is 0 Å². The highest BCUT2D eigenvalue weighted by Gasteiger charge is 2.73. The van der Waals surface area contributed by atoms with Crippen LogP contribution in [0.2, 0.25) is 0 Å². The summed E-state index contributed by atoms with van der Waals surface area (Å²) in [6.07, 6.45) is 8.86. The lowest BCUT2D eigenvalue weighted by molar-refractivity contribution is -0.158. The van der Waals surface area contributed by atoms with Crippen molar-refractivity contribution >= 4 is 23.7 Å². The Morgan fingerprint density at radius 1 is 1.02 bits per heavy atom. The van der Waals surface area contributed by atoms with Crippen molar-refractivity contribution in [3.8, 4) is 0 Å². The summed E-state index contributed by atoms with van der Waals surface area (Å²) >= 11 is 0. The lowest BCUT2D eigenvalue weighted by Crippen LogP contribution is -2.57. The zero-order chi connectivity index (χ0) is 29.7. The van der Waals surface area contributed by atoms with E-state index >= 15 is 0 Å². The number of likely N-dealkylation sites (tertiary alicyclic amines) is 1. The first kappa shape index (κ1) is 30.7. The first-order chi connectivity index (χ1) is 20.4. The van der Waals surface area contributed by atoms with Gasteiger partial charge in [0.2, 0.25) is 17.7 Å². The molecule has 0 radical (unpaired) electrons. The van der Waals surface area contributed by atoms with E-state index in [0.717, 1.165) is 13.1 Å². The highest BCUT2D eigenvalue weighted by atomic mass is 16.6. The third-order valence-corrected chi connectivity index (χ3v) is 8.97. The molecular formula is C30H44N4O8. The first-order valence-electron chi connectivity index (χ1n) is 15.4. The van der Waals surface area contributed by atoms with Crippen LogP contribution < -0.4 is 5.32 Å². The maximum atomic E-state index is 14.5. The molecule has 0 aromatic heterocycles. The standard InChI is InChI=1S/C30H44N4O8/c1-21-20-31-23(36)8-4-2-5-11-33(14-13-32-15-18-40-19-16-32)28(38)26-30-10-9-22(42-30)24(29(39)41-21)25(30)27(37)34(26)12-6-3-7-17-35/h2,5,9-10,21-22,24-26,35H,3-4,6-8,11-20H2,1H3,(H,31,36)/b5-2-/t21-,22+,24-,25-,26+,30-/m1/s1. The van der Waals surface area contributed by atoms with Crippen molar-refractivity contribution < 1.29 is 38.5 Å². The summed E-state index contributed by atoms with van der Waals surface area (Å²) < 4.78 is 17.6. The van der Waals surface area contributed by atoms with Gasteiger partial charge >= 0.3 is 5.97 Å². The number of rotatable bonds is 8. The monoisotopic (exact) mass is 588 g/mol. The van der Waals surface area contributed by atoms with Gasteiger partial charge in [-0.15, -0.1) is 0 Å². The highest BCUT2D eigenvalue weighted by molar-refractivity contribution is 5.99. The molecule has 0 unspecified atom stereocenters. The van der Waals surface area contributed by atoms with Gasteiger partial charge in [0.25, 0.3) is 0 Å². The minimum atomic E-state index is -1.26. The van der Waals surface area contributed by atoms with Gasteiger partial charge in [-0.3, -0.25) is 24.1 Å². The Balaban J connectivity index is 1.46. The fraction of sp³-hybridized carbons (Fsp3) is 0.733. The van der Waals surface area contributed by atoms with Crippen molar-refractivity contribution in [2.75, 3.05) is 65.6 Å². The van der Waals surface area contributed by atoms with E-state index in [1.165, 1.54) is 0 Å². The van der Waals surface area contributed by atoms with Gasteiger partial charge in [-0.05, 0) is 32.6 Å². The highest BCUT2D eigenvalue weighted by Crippen LogP contribution is 2.55. The Hall–Kier alpha value is -2.80. The number of nitrogens with one attached hydrogen (secondary N) is 1. The van der Waals surface area contributed by atoms with Crippen LogP contribution in [0.1, 0.15) is 39.0 Å². The van der Waals surface area contributed by atoms with E-state index in [0.29, 0.717) is 65.1 Å². The Morgan fingerprint density at radius 3 is 2.62 bits per heavy atom. The van der Waals surface area contributed by atoms with Crippen LogP contribution in [0, 0.1) is 11.8 Å². The number of carbonyl (C=O) groups is 4. The smallest absolute Gasteiger partial charge is 0.313 e. The van der Waals surface area contributed by atoms with Gasteiger partial charge in [-0.2, -0.15) is 0 Å². The van der Waals surface area contributed by atoms with Crippen molar-refractivity contribution in [1.82, 2.24) is 20.0 Å². The number of ether oxygens (including phenoxy) is 3. The number of hydrogen-bond acceptors (Lipinski definition) is 9. The molecule has 5 heterocycles. The molecule has 12 nitrogen and oxygen atoms in total. The fourth-order valence-electron chi connectivity index (χ4n) is 6.78. The predicted octanol–water partition coefficient (Wildman–Crippen LogP) is -0.142. The van der Waals surface area contributed by atoms with Crippen molar-refractivity contribution in [3.05, 3.63) is 24.3 Å². The normalized spacial score (nSPS) is 35.0. The number of esters is 1. The molecule has 3 saturated heterocycles. The number of allylic oxidation sites excluding steroid dienone is 1. The zero-order valence-electron chi connectivity index (χ0n) is 24.4. The van der Waals surface area contributed by atoms with Crippen LogP contribution in [0.3, 0.4) is 0 Å². The Morgan fingerprint density at radius 2 is 1.83 bits per heavy atom. The largest absolute Gasteiger partial charge is 0.460 e. The second-order valence-electron chi connectivity index (χ2n) is 11.8. The number of hydrogen-bond donors (Lipinski definition) is 2. The van der Waals surface area contributed by atoms with Gasteiger partial charge < -0.3 is 34.4 Å². The molecule has 5 aliphatic heterocycles. The van der Waals surface area contributed by atoms with Crippen LogP contribution in [0.4, 0.5) is 0 Å². The maximum absolute atomic E-state index is 14.5. The average molecular weight is 589 g/mol. The van der Waals surface area contributed by atoms with Crippen LogP contribution in [0.25, 0.3) is 0 Å². The predicted molar refractivity (Wildman–Crippen MR) is 151 cm³/mol. The fourth-order valence-corrected chi connectivity index (χ4v) is 6.78. The topological polar surface area (TPSA) is 138 Å². The summed E-state index contributed by atoms with van der Waals surface area (Å²) in [4.78, 5) is 60.1. The lowest BCUT2D eigenvalue weighted by Gasteiger charge is -2.37. The van der Waals surface area contributed by atoms with E-state index in [1.54, 1.807) is 22.8 Å². The molecular weight excluding hydrogens is 544 g/mol. The molecule has 1 spiro atoms. The van der Waals surface area contributed by atoms with Crippen molar-refractivity contribution in [2.45, 2.75) is 62.9 Å². The molecule has 0 aromatic rings. The van der Waals surface area contributed by atoms with Gasteiger partial charge in [0.1, 0.15) is 23.7 Å². The number of aliphatic hydroxyl groups is 1. The molecule has 5 rings (SSSR count). The number of cyclic esters (lactones) is 1. The SMILES string of the molecule is C[C@@H]1CNC(=O)CC/C=C\CN(CCN2CCOCC2)C(=O)[C@@H]2N(CCCCCO)C(=O)[C@H]3[C@H](C(=O)O1)[C@@H]1C=C[C@]23O1. The minimum Gasteiger partial charge on any atom is -0.460 e. The molecule has 3 amide bonds. The second kappa shape index (κ2) is 13.7. The van der Waals surface area contributed by atoms with E-state index in [9.17, 15) is 24.3 Å². The summed E-state index contributed by atoms with van der Waals surface area (Å²) in [7, 11) is 0. The van der Waals surface area contributed by atoms with E-state index in [4.69, 9.17) is 14.2 Å². The summed E-state index contributed by atoms with van der Waals surface area (Å²) in [6.45, 7) is 6.55. The van der Waals surface area contributed by atoms with Gasteiger partial charge in [-0.1, -0.05) is 24.3 Å². The van der Waals surface area contributed by atoms with Crippen LogP contribution in [-0.4, -0.2) is 133 Å². The summed E-state index contributed by atoms with van der Waals surface area (Å²) in [5, 5.41) is 12.1. The molecule has 6 atom stereocenters. The van der Waals surface area contributed by atoms with Crippen molar-refractivity contribution in [2.24, 2.45) is 11.8 Å². The summed E-state index contributed by atoms with van der Waals surface area (Å²) in [5.74, 6) is -2.97. The van der Waals surface area contributed by atoms with Crippen LogP contribution >= 0.6 is 0 Å². The summed E-state index contributed by atoms with van der Waals surface area (Å²) in [5.41, 5.74) is -1.26. The number of nitrogens with zero attached hydrogens (tertiary/aromatic N) is 3. The molecule has 5 bridgehead atoms. The molecule has 232 valence electrons. The molecule has 2 N–H and O–H groups in total. The number of aliphatic hydroxyl groups excluding tert-OH is 1. The second-order valence-corrected chi connectivity index (χ2v) is 11.8. The van der Waals surface area contributed by atoms with Crippen molar-refractivity contribution in [1.29, 1.82) is 0 Å². The van der Waals surface area contributed by atoms with Gasteiger partial charge in [-0.25, -0.2) is 0 Å². The van der Waals surface area contributed by atoms with Gasteiger partial charge in [0.05, 0.1) is 31.8 Å². The third kappa shape index (κ3) is 6.27. The van der Waals surface area contributed by atoms with E-state index < -0.39 is 41.7 Å². The Kier molecular flexibility index (Phi) is 9.97. The van der Waals surface area contributed by atoms with Crippen LogP contribution in [-0.2, 0) is 33.4 Å². The molecule has 0 aromatic carbocycles. The van der Waals surface area contributed by atoms with E-state index in [1.807, 2.05) is 18.2 Å². The van der Waals surface area contributed by atoms with Crippen LogP contribution in [0.15, 0.2) is 24.3 Å². The third-order valence-electron chi connectivity index (χ3n) is 8.97. The first-order valence-corrected chi connectivity index (χ1v) is 15.4. The molecule has 0 saturated carbocycles. The zero-order valence-corrected chi connectivity index (χ0v) is 24.4. The quantitative estimate of drug-likeness (QED) is 0.225. The molecule has 5 aliphatic rings. The van der Waals surface area contributed by atoms with E-state index in [2.05, 4.69) is 10.2 Å². The molecule has 0 aliphatic carbocycles. The van der Waals surface area contributed by atoms with Crippen molar-refractivity contribution in [3.63, 3.8) is 0 Å². The van der Waals surface area contributed by atoms with Gasteiger partial charge in [0, 0.05) is 52.3 Å². The van der Waals surface area contributed by atoms with E-state index in [-0.39, 0.29) is 37.3 Å².